The van der Waals surface area contributed by atoms with E-state index in [1.54, 1.807) is 13.8 Å². The number of aromatic nitrogens is 1. The average Bonchev–Trinajstić information content (AvgIpc) is 2.81. The quantitative estimate of drug-likeness (QED) is 0.916. The number of oxazole rings is 1. The molecule has 0 fully saturated rings. The van der Waals surface area contributed by atoms with Crippen molar-refractivity contribution in [3.8, 4) is 11.5 Å². The molecule has 1 atom stereocenters. The molecule has 1 heterocycles. The van der Waals surface area contributed by atoms with Gasteiger partial charge in [-0.3, -0.25) is 4.79 Å². The van der Waals surface area contributed by atoms with Crippen LogP contribution in [0.2, 0.25) is 0 Å². The summed E-state index contributed by atoms with van der Waals surface area (Å²) in [5.41, 5.74) is 0.0171. The predicted octanol–water partition coefficient (Wildman–Crippen LogP) is 4.25. The number of alkyl halides is 3. The highest BCUT2D eigenvalue weighted by molar-refractivity contribution is 5.75. The lowest BCUT2D eigenvalue weighted by atomic mass is 10.0. The molecular formula is C15H14F3NO3. The van der Waals surface area contributed by atoms with Gasteiger partial charge in [-0.1, -0.05) is 6.92 Å². The van der Waals surface area contributed by atoms with E-state index < -0.39 is 23.6 Å². The van der Waals surface area contributed by atoms with Gasteiger partial charge in [-0.2, -0.15) is 13.2 Å². The molecule has 1 unspecified atom stereocenters. The van der Waals surface area contributed by atoms with Crippen molar-refractivity contribution in [2.24, 2.45) is 0 Å². The minimum absolute atomic E-state index is 0.112. The van der Waals surface area contributed by atoms with Crippen LogP contribution >= 0.6 is 0 Å². The Kier molecular flexibility index (Phi) is 4.25. The Bertz CT molecular complexity index is 674. The van der Waals surface area contributed by atoms with Gasteiger partial charge in [0, 0.05) is 5.56 Å². The summed E-state index contributed by atoms with van der Waals surface area (Å²) in [5, 5.41) is 9.14. The van der Waals surface area contributed by atoms with Gasteiger partial charge >= 0.3 is 12.1 Å². The summed E-state index contributed by atoms with van der Waals surface area (Å²) in [5.74, 6) is -1.51. The van der Waals surface area contributed by atoms with E-state index in [0.717, 1.165) is 12.1 Å². The first-order chi connectivity index (χ1) is 10.2. The van der Waals surface area contributed by atoms with Crippen LogP contribution in [0.1, 0.15) is 36.3 Å². The number of benzene rings is 1. The third-order valence-corrected chi connectivity index (χ3v) is 3.31. The monoisotopic (exact) mass is 313 g/mol. The number of carboxylic acids is 1. The largest absolute Gasteiger partial charge is 0.481 e. The van der Waals surface area contributed by atoms with Gasteiger partial charge in [0.2, 0.25) is 5.89 Å². The molecule has 0 aliphatic rings. The Morgan fingerprint density at radius 2 is 1.91 bits per heavy atom. The third-order valence-electron chi connectivity index (χ3n) is 3.31. The summed E-state index contributed by atoms with van der Waals surface area (Å²) >= 11 is 0. The van der Waals surface area contributed by atoms with Gasteiger partial charge < -0.3 is 9.52 Å². The maximum Gasteiger partial charge on any atom is 0.416 e. The normalized spacial score (nSPS) is 13.1. The molecule has 0 saturated heterocycles. The van der Waals surface area contributed by atoms with Gasteiger partial charge in [0.25, 0.3) is 0 Å². The lowest BCUT2D eigenvalue weighted by Gasteiger charge is -2.07. The third kappa shape index (κ3) is 3.13. The topological polar surface area (TPSA) is 63.3 Å². The molecule has 0 amide bonds. The summed E-state index contributed by atoms with van der Waals surface area (Å²) in [6.07, 6.45) is -4.08. The number of carboxylic acid groups (broad SMARTS) is 1. The molecule has 0 aliphatic carbocycles. The van der Waals surface area contributed by atoms with Crippen LogP contribution in [0.25, 0.3) is 11.5 Å². The minimum Gasteiger partial charge on any atom is -0.481 e. The van der Waals surface area contributed by atoms with E-state index in [4.69, 9.17) is 9.52 Å². The van der Waals surface area contributed by atoms with Gasteiger partial charge in [0.05, 0.1) is 11.3 Å². The number of aryl methyl sites for hydroxylation is 1. The van der Waals surface area contributed by atoms with Gasteiger partial charge in [-0.25, -0.2) is 4.98 Å². The highest BCUT2D eigenvalue weighted by atomic mass is 19.4. The first-order valence-electron chi connectivity index (χ1n) is 6.61. The van der Waals surface area contributed by atoms with Crippen LogP contribution in [0.4, 0.5) is 13.2 Å². The van der Waals surface area contributed by atoms with Crippen LogP contribution in [0.5, 0.6) is 0 Å². The smallest absolute Gasteiger partial charge is 0.416 e. The van der Waals surface area contributed by atoms with Gasteiger partial charge in [0.1, 0.15) is 11.7 Å². The number of halogens is 3. The fourth-order valence-electron chi connectivity index (χ4n) is 2.13. The van der Waals surface area contributed by atoms with Crippen LogP contribution in [0, 0.1) is 6.92 Å². The van der Waals surface area contributed by atoms with E-state index in [1.807, 2.05) is 0 Å². The van der Waals surface area contributed by atoms with Gasteiger partial charge in [-0.15, -0.1) is 0 Å². The SMILES string of the molecule is CCC(C(=O)O)c1oc(-c2ccc(C(F)(F)F)cc2)nc1C. The van der Waals surface area contributed by atoms with Crippen molar-refractivity contribution in [3.63, 3.8) is 0 Å². The first kappa shape index (κ1) is 16.1. The zero-order chi connectivity index (χ0) is 16.5. The van der Waals surface area contributed by atoms with Crippen LogP contribution in [0.3, 0.4) is 0 Å². The lowest BCUT2D eigenvalue weighted by Crippen LogP contribution is -2.10. The molecule has 2 rings (SSSR count). The van der Waals surface area contributed by atoms with Crippen molar-refractivity contribution < 1.29 is 27.5 Å². The van der Waals surface area contributed by atoms with Gasteiger partial charge in [-0.05, 0) is 37.6 Å². The van der Waals surface area contributed by atoms with E-state index in [2.05, 4.69) is 4.98 Å². The summed E-state index contributed by atoms with van der Waals surface area (Å²) < 4.78 is 43.0. The Balaban J connectivity index is 2.36. The summed E-state index contributed by atoms with van der Waals surface area (Å²) in [4.78, 5) is 15.3. The number of nitrogens with zero attached hydrogens (tertiary/aromatic N) is 1. The molecule has 118 valence electrons. The van der Waals surface area contributed by atoms with E-state index >= 15 is 0 Å². The van der Waals surface area contributed by atoms with Crippen LogP contribution in [0.15, 0.2) is 28.7 Å². The zero-order valence-electron chi connectivity index (χ0n) is 11.9. The standard InChI is InChI=1S/C15H14F3NO3/c1-3-11(14(20)21)12-8(2)19-13(22-12)9-4-6-10(7-5-9)15(16,17)18/h4-7,11H,3H2,1-2H3,(H,20,21). The van der Waals surface area contributed by atoms with E-state index in [1.165, 1.54) is 12.1 Å². The van der Waals surface area contributed by atoms with Crippen molar-refractivity contribution in [2.75, 3.05) is 0 Å². The average molecular weight is 313 g/mol. The molecule has 2 aromatic rings. The van der Waals surface area contributed by atoms with Crippen molar-refractivity contribution >= 4 is 5.97 Å². The number of rotatable bonds is 4. The summed E-state index contributed by atoms with van der Waals surface area (Å²) in [6, 6.07) is 4.37. The van der Waals surface area contributed by atoms with Crippen LogP contribution < -0.4 is 0 Å². The molecule has 1 aromatic carbocycles. The fraction of sp³-hybridized carbons (Fsp3) is 0.333. The second-order valence-corrected chi connectivity index (χ2v) is 4.84. The predicted molar refractivity (Wildman–Crippen MR) is 72.3 cm³/mol. The van der Waals surface area contributed by atoms with Crippen LogP contribution in [-0.2, 0) is 11.0 Å². The van der Waals surface area contributed by atoms with E-state index in [9.17, 15) is 18.0 Å². The molecule has 0 radical (unpaired) electrons. The second kappa shape index (κ2) is 5.82. The zero-order valence-corrected chi connectivity index (χ0v) is 11.9. The fourth-order valence-corrected chi connectivity index (χ4v) is 2.13. The minimum atomic E-state index is -4.41. The Morgan fingerprint density at radius 1 is 1.32 bits per heavy atom. The highest BCUT2D eigenvalue weighted by Gasteiger charge is 2.30. The van der Waals surface area contributed by atoms with Gasteiger partial charge in [0.15, 0.2) is 0 Å². The summed E-state index contributed by atoms with van der Waals surface area (Å²) in [7, 11) is 0. The van der Waals surface area contributed by atoms with Crippen molar-refractivity contribution in [2.45, 2.75) is 32.4 Å². The molecular weight excluding hydrogens is 299 g/mol. The number of aliphatic carboxylic acids is 1. The Morgan fingerprint density at radius 3 is 2.36 bits per heavy atom. The number of hydrogen-bond donors (Lipinski definition) is 1. The van der Waals surface area contributed by atoms with E-state index in [0.29, 0.717) is 17.7 Å². The molecule has 0 aliphatic heterocycles. The number of hydrogen-bond acceptors (Lipinski definition) is 3. The molecule has 0 spiro atoms. The van der Waals surface area contributed by atoms with Crippen molar-refractivity contribution in [1.82, 2.24) is 4.98 Å². The number of carbonyl (C=O) groups is 1. The second-order valence-electron chi connectivity index (χ2n) is 4.84. The summed E-state index contributed by atoms with van der Waals surface area (Å²) in [6.45, 7) is 3.32. The molecule has 0 bridgehead atoms. The van der Waals surface area contributed by atoms with E-state index in [-0.39, 0.29) is 11.7 Å². The molecule has 1 N–H and O–H groups in total. The molecule has 7 heteroatoms. The first-order valence-corrected chi connectivity index (χ1v) is 6.61. The van der Waals surface area contributed by atoms with Crippen LogP contribution in [-0.4, -0.2) is 16.1 Å². The molecule has 0 saturated carbocycles. The Labute approximate surface area is 124 Å². The van der Waals surface area contributed by atoms with Crippen molar-refractivity contribution in [3.05, 3.63) is 41.3 Å². The molecule has 1 aromatic heterocycles. The maximum absolute atomic E-state index is 12.5. The molecule has 22 heavy (non-hydrogen) atoms. The Hall–Kier alpha value is -2.31. The van der Waals surface area contributed by atoms with Crippen molar-refractivity contribution in [1.29, 1.82) is 0 Å². The highest BCUT2D eigenvalue weighted by Crippen LogP contribution is 2.32. The molecule has 4 nitrogen and oxygen atoms in total. The lowest BCUT2D eigenvalue weighted by molar-refractivity contribution is -0.139. The maximum atomic E-state index is 12.5.